The van der Waals surface area contributed by atoms with Crippen molar-refractivity contribution in [1.29, 1.82) is 0 Å². The molecule has 3 aromatic carbocycles. The molecule has 5 nitrogen and oxygen atoms in total. The zero-order chi connectivity index (χ0) is 26.6. The molecule has 2 atom stereocenters. The van der Waals surface area contributed by atoms with E-state index in [1.165, 1.54) is 22.3 Å². The summed E-state index contributed by atoms with van der Waals surface area (Å²) in [6.07, 6.45) is 1.67. The third-order valence-corrected chi connectivity index (χ3v) is 6.86. The summed E-state index contributed by atoms with van der Waals surface area (Å²) in [5.74, 6) is 1.71. The number of ether oxygens (including phenoxy) is 2. The van der Waals surface area contributed by atoms with E-state index in [9.17, 15) is 9.90 Å². The number of amides is 1. The fourth-order valence-corrected chi connectivity index (χ4v) is 5.21. The molecule has 1 amide bonds. The molecule has 0 radical (unpaired) electrons. The first-order valence-electron chi connectivity index (χ1n) is 13.4. The average Bonchev–Trinajstić information content (AvgIpc) is 2.86. The lowest BCUT2D eigenvalue weighted by atomic mass is 9.69. The van der Waals surface area contributed by atoms with Crippen molar-refractivity contribution in [2.75, 3.05) is 13.1 Å². The smallest absolute Gasteiger partial charge is 0.410 e. The van der Waals surface area contributed by atoms with Crippen LogP contribution in [0.4, 0.5) is 4.79 Å². The highest BCUT2D eigenvalue weighted by Crippen LogP contribution is 2.47. The van der Waals surface area contributed by atoms with Crippen LogP contribution in [0.1, 0.15) is 75.1 Å². The summed E-state index contributed by atoms with van der Waals surface area (Å²) >= 11 is 0. The number of phenols is 1. The summed E-state index contributed by atoms with van der Waals surface area (Å²) < 4.78 is 11.5. The second-order valence-corrected chi connectivity index (χ2v) is 10.6. The maximum Gasteiger partial charge on any atom is 0.410 e. The average molecular weight is 502 g/mol. The van der Waals surface area contributed by atoms with Crippen LogP contribution in [0, 0.1) is 0 Å². The predicted octanol–water partition coefficient (Wildman–Crippen LogP) is 7.28. The van der Waals surface area contributed by atoms with Gasteiger partial charge in [0.05, 0.1) is 13.1 Å². The quantitative estimate of drug-likeness (QED) is 0.408. The molecule has 0 saturated carbocycles. The molecule has 2 unspecified atom stereocenters. The van der Waals surface area contributed by atoms with Crippen LogP contribution in [0.3, 0.4) is 0 Å². The van der Waals surface area contributed by atoms with E-state index in [0.717, 1.165) is 18.6 Å². The van der Waals surface area contributed by atoms with Crippen molar-refractivity contribution in [2.45, 2.75) is 71.0 Å². The van der Waals surface area contributed by atoms with Crippen LogP contribution >= 0.6 is 0 Å². The molecule has 5 heteroatoms. The van der Waals surface area contributed by atoms with Crippen molar-refractivity contribution < 1.29 is 19.4 Å². The van der Waals surface area contributed by atoms with Gasteiger partial charge >= 0.3 is 6.09 Å². The van der Waals surface area contributed by atoms with Gasteiger partial charge in [-0.25, -0.2) is 4.79 Å². The number of hydrogen-bond acceptors (Lipinski definition) is 4. The van der Waals surface area contributed by atoms with E-state index in [4.69, 9.17) is 9.47 Å². The lowest BCUT2D eigenvalue weighted by Crippen LogP contribution is -2.57. The minimum atomic E-state index is -0.493. The molecule has 0 aromatic heterocycles. The lowest BCUT2D eigenvalue weighted by molar-refractivity contribution is -0.0221. The number of carbonyl (C=O) groups excluding carboxylic acids is 1. The van der Waals surface area contributed by atoms with Gasteiger partial charge in [-0.2, -0.15) is 0 Å². The zero-order valence-corrected chi connectivity index (χ0v) is 22.6. The lowest BCUT2D eigenvalue weighted by Gasteiger charge is -2.39. The van der Waals surface area contributed by atoms with E-state index in [0.29, 0.717) is 24.8 Å². The van der Waals surface area contributed by atoms with E-state index in [2.05, 4.69) is 48.5 Å². The Bertz CT molecular complexity index is 1180. The van der Waals surface area contributed by atoms with Crippen molar-refractivity contribution in [3.05, 3.63) is 95.1 Å². The standard InChI is InChI=1S/C30H33NO4.C2H6/c1-30(2,3)35-29(33)31-18-25(19-31)34-24-13-9-21(10-14-24)28-26(20-7-5-4-6-8-20)15-11-22-17-23(32)12-16-27(22)28;1-2/h4-10,12-14,16-17,25-26,28,32H,11,15,18-19H2,1-3H3;1-2H3. The minimum Gasteiger partial charge on any atom is -0.508 e. The normalized spacial score (nSPS) is 19.1. The molecular formula is C32H39NO4. The molecule has 196 valence electrons. The molecule has 1 aliphatic heterocycles. The number of likely N-dealkylation sites (tertiary alicyclic amines) is 1. The topological polar surface area (TPSA) is 59.0 Å². The van der Waals surface area contributed by atoms with Crippen molar-refractivity contribution >= 4 is 6.09 Å². The number of hydrogen-bond donors (Lipinski definition) is 1. The van der Waals surface area contributed by atoms with Gasteiger partial charge in [-0.3, -0.25) is 0 Å². The molecule has 37 heavy (non-hydrogen) atoms. The Morgan fingerprint density at radius 3 is 2.24 bits per heavy atom. The van der Waals surface area contributed by atoms with Gasteiger partial charge in [0, 0.05) is 5.92 Å². The van der Waals surface area contributed by atoms with E-state index in [1.807, 2.05) is 52.8 Å². The summed E-state index contributed by atoms with van der Waals surface area (Å²) in [5, 5.41) is 10.0. The van der Waals surface area contributed by atoms with Gasteiger partial charge in [0.15, 0.2) is 0 Å². The van der Waals surface area contributed by atoms with Crippen LogP contribution in [0.5, 0.6) is 11.5 Å². The first kappa shape index (κ1) is 26.6. The number of aryl methyl sites for hydroxylation is 1. The fraction of sp³-hybridized carbons (Fsp3) is 0.406. The zero-order valence-electron chi connectivity index (χ0n) is 22.6. The van der Waals surface area contributed by atoms with Gasteiger partial charge in [-0.1, -0.05) is 62.4 Å². The Morgan fingerprint density at radius 1 is 0.919 bits per heavy atom. The summed E-state index contributed by atoms with van der Waals surface area (Å²) in [6.45, 7) is 10.7. The SMILES string of the molecule is CC.CC(C)(C)OC(=O)N1CC(Oc2ccc(C3c4ccc(O)cc4CCC3c3ccccc3)cc2)C1. The Morgan fingerprint density at radius 2 is 1.59 bits per heavy atom. The van der Waals surface area contributed by atoms with E-state index in [1.54, 1.807) is 11.0 Å². The molecule has 1 aliphatic carbocycles. The maximum absolute atomic E-state index is 12.2. The highest BCUT2D eigenvalue weighted by atomic mass is 16.6. The van der Waals surface area contributed by atoms with Crippen LogP contribution in [-0.2, 0) is 11.2 Å². The van der Waals surface area contributed by atoms with Gasteiger partial charge < -0.3 is 19.5 Å². The van der Waals surface area contributed by atoms with E-state index < -0.39 is 5.60 Å². The van der Waals surface area contributed by atoms with E-state index >= 15 is 0 Å². The molecule has 5 rings (SSSR count). The monoisotopic (exact) mass is 501 g/mol. The van der Waals surface area contributed by atoms with Crippen molar-refractivity contribution in [2.24, 2.45) is 0 Å². The number of fused-ring (bicyclic) bond motifs is 1. The number of rotatable bonds is 4. The second-order valence-electron chi connectivity index (χ2n) is 10.6. The second kappa shape index (κ2) is 11.3. The highest BCUT2D eigenvalue weighted by molar-refractivity contribution is 5.69. The largest absolute Gasteiger partial charge is 0.508 e. The molecule has 1 N–H and O–H groups in total. The molecule has 0 bridgehead atoms. The summed E-state index contributed by atoms with van der Waals surface area (Å²) in [4.78, 5) is 13.8. The van der Waals surface area contributed by atoms with Gasteiger partial charge in [0.1, 0.15) is 23.2 Å². The van der Waals surface area contributed by atoms with Crippen molar-refractivity contribution in [3.63, 3.8) is 0 Å². The highest BCUT2D eigenvalue weighted by Gasteiger charge is 2.35. The van der Waals surface area contributed by atoms with Crippen LogP contribution < -0.4 is 4.74 Å². The number of phenolic OH excluding ortho intramolecular Hbond substituents is 1. The third-order valence-electron chi connectivity index (χ3n) is 6.86. The first-order valence-corrected chi connectivity index (χ1v) is 13.4. The third kappa shape index (κ3) is 6.27. The van der Waals surface area contributed by atoms with Crippen LogP contribution in [0.2, 0.25) is 0 Å². The van der Waals surface area contributed by atoms with Crippen molar-refractivity contribution in [1.82, 2.24) is 4.90 Å². The molecule has 2 aliphatic rings. The van der Waals surface area contributed by atoms with Gasteiger partial charge in [0.2, 0.25) is 0 Å². The van der Waals surface area contributed by atoms with Crippen LogP contribution in [0.15, 0.2) is 72.8 Å². The molecule has 1 saturated heterocycles. The predicted molar refractivity (Wildman–Crippen MR) is 147 cm³/mol. The maximum atomic E-state index is 12.2. The molecule has 3 aromatic rings. The molecule has 1 fully saturated rings. The Balaban J connectivity index is 0.00000156. The van der Waals surface area contributed by atoms with Crippen molar-refractivity contribution in [3.8, 4) is 11.5 Å². The van der Waals surface area contributed by atoms with Gasteiger partial charge in [-0.15, -0.1) is 0 Å². The minimum absolute atomic E-state index is 0.0242. The van der Waals surface area contributed by atoms with Gasteiger partial charge in [0.25, 0.3) is 0 Å². The summed E-state index contributed by atoms with van der Waals surface area (Å²) in [6, 6.07) is 24.9. The van der Waals surface area contributed by atoms with Crippen LogP contribution in [0.25, 0.3) is 0 Å². The Kier molecular flexibility index (Phi) is 8.11. The Hall–Kier alpha value is -3.47. The molecular weight excluding hydrogens is 462 g/mol. The summed E-state index contributed by atoms with van der Waals surface area (Å²) in [7, 11) is 0. The van der Waals surface area contributed by atoms with Crippen LogP contribution in [-0.4, -0.2) is 40.9 Å². The Labute approximate surface area is 221 Å². The first-order chi connectivity index (χ1) is 17.8. The molecule has 1 heterocycles. The van der Waals surface area contributed by atoms with Gasteiger partial charge in [-0.05, 0) is 86.1 Å². The summed E-state index contributed by atoms with van der Waals surface area (Å²) in [5.41, 5.74) is 4.59. The fourth-order valence-electron chi connectivity index (χ4n) is 5.21. The number of benzene rings is 3. The van der Waals surface area contributed by atoms with E-state index in [-0.39, 0.29) is 18.1 Å². The number of carbonyl (C=O) groups is 1. The molecule has 0 spiro atoms. The number of nitrogens with zero attached hydrogens (tertiary/aromatic N) is 1. The number of aromatic hydroxyl groups is 1.